The van der Waals surface area contributed by atoms with E-state index in [0.29, 0.717) is 11.3 Å². The van der Waals surface area contributed by atoms with Gasteiger partial charge in [-0.05, 0) is 63.7 Å². The molecular weight excluding hydrogens is 642 g/mol. The lowest BCUT2D eigenvalue weighted by molar-refractivity contribution is 1.02. The summed E-state index contributed by atoms with van der Waals surface area (Å²) in [5, 5.41) is 5.68. The average Bonchev–Trinajstić information content (AvgIpc) is 3.13. The van der Waals surface area contributed by atoms with Crippen LogP contribution >= 0.6 is 15.8 Å². The van der Waals surface area contributed by atoms with Crippen molar-refractivity contribution in [2.45, 2.75) is 39.0 Å². The molecule has 0 radical (unpaired) electrons. The summed E-state index contributed by atoms with van der Waals surface area (Å²) in [6.07, 6.45) is 0. The van der Waals surface area contributed by atoms with Crippen molar-refractivity contribution in [1.82, 2.24) is 0 Å². The largest absolute Gasteiger partial charge is 0.377 e. The van der Waals surface area contributed by atoms with Gasteiger partial charge in [0.05, 0.1) is 0 Å². The molecule has 0 atom stereocenters. The second-order valence-corrected chi connectivity index (χ2v) is 19.0. The van der Waals surface area contributed by atoms with Gasteiger partial charge in [-0.3, -0.25) is 0 Å². The van der Waals surface area contributed by atoms with E-state index in [2.05, 4.69) is 223 Å². The van der Waals surface area contributed by atoms with E-state index >= 15 is 0 Å². The standard InChI is InChI=1S/C26H24NP.C20H28NP/c1-27(2)25-19-11-9-17-23(25)24-18-10-12-20-26(24)28(21-13-5-3-6-14-21)22-15-7-4-8-16-22;1-15(2)22(16(3)4)20-14-10-8-12-18(20)17-11-7-9-13-19(17)21(5)6/h3-20H,1-2H3;7-16H,1-6H3. The van der Waals surface area contributed by atoms with Gasteiger partial charge < -0.3 is 9.80 Å². The van der Waals surface area contributed by atoms with Crippen LogP contribution in [0.2, 0.25) is 0 Å². The lowest BCUT2D eigenvalue weighted by Gasteiger charge is -2.29. The molecule has 256 valence electrons. The summed E-state index contributed by atoms with van der Waals surface area (Å²) in [6, 6.07) is 57.0. The Bertz CT molecular complexity index is 1890. The van der Waals surface area contributed by atoms with Crippen molar-refractivity contribution in [1.29, 1.82) is 0 Å². The highest BCUT2D eigenvalue weighted by atomic mass is 31.1. The van der Waals surface area contributed by atoms with E-state index in [4.69, 9.17) is 0 Å². The normalized spacial score (nSPS) is 11.1. The molecule has 0 heterocycles. The smallest absolute Gasteiger partial charge is 0.0440 e. The van der Waals surface area contributed by atoms with Gasteiger partial charge in [0.1, 0.15) is 0 Å². The molecule has 0 saturated heterocycles. The molecule has 0 spiro atoms. The monoisotopic (exact) mass is 694 g/mol. The third kappa shape index (κ3) is 8.73. The molecule has 6 aromatic rings. The van der Waals surface area contributed by atoms with Crippen molar-refractivity contribution in [2.24, 2.45) is 0 Å². The molecule has 6 aromatic carbocycles. The summed E-state index contributed by atoms with van der Waals surface area (Å²) < 4.78 is 0. The number of nitrogens with zero attached hydrogens (tertiary/aromatic N) is 2. The Morgan fingerprint density at radius 2 is 0.680 bits per heavy atom. The quantitative estimate of drug-likeness (QED) is 0.132. The number of anilines is 2. The van der Waals surface area contributed by atoms with E-state index in [1.54, 1.807) is 0 Å². The van der Waals surface area contributed by atoms with Gasteiger partial charge in [0.25, 0.3) is 0 Å². The third-order valence-electron chi connectivity index (χ3n) is 8.82. The summed E-state index contributed by atoms with van der Waals surface area (Å²) in [5.41, 5.74) is 9.26. The Labute approximate surface area is 304 Å². The van der Waals surface area contributed by atoms with E-state index in [0.717, 1.165) is 0 Å². The molecule has 0 bridgehead atoms. The van der Waals surface area contributed by atoms with Crippen LogP contribution in [-0.2, 0) is 0 Å². The highest BCUT2D eigenvalue weighted by molar-refractivity contribution is 7.80. The number of benzene rings is 6. The summed E-state index contributed by atoms with van der Waals surface area (Å²) >= 11 is 0. The molecular formula is C46H52N2P2. The van der Waals surface area contributed by atoms with Crippen LogP contribution in [0.25, 0.3) is 22.3 Å². The number of para-hydroxylation sites is 2. The summed E-state index contributed by atoms with van der Waals surface area (Å²) in [4.78, 5) is 4.40. The van der Waals surface area contributed by atoms with E-state index in [1.165, 1.54) is 54.8 Å². The molecule has 0 saturated carbocycles. The number of hydrogen-bond acceptors (Lipinski definition) is 2. The first-order valence-corrected chi connectivity index (χ1v) is 20.4. The average molecular weight is 695 g/mol. The van der Waals surface area contributed by atoms with Crippen LogP contribution < -0.4 is 31.0 Å². The van der Waals surface area contributed by atoms with Gasteiger partial charge in [-0.15, -0.1) is 0 Å². The number of rotatable bonds is 10. The molecule has 50 heavy (non-hydrogen) atoms. The zero-order valence-electron chi connectivity index (χ0n) is 31.0. The maximum Gasteiger partial charge on any atom is 0.0440 e. The molecule has 4 heteroatoms. The van der Waals surface area contributed by atoms with Gasteiger partial charge in [-0.1, -0.05) is 181 Å². The van der Waals surface area contributed by atoms with Crippen LogP contribution in [0, 0.1) is 0 Å². The van der Waals surface area contributed by atoms with E-state index in [-0.39, 0.29) is 7.92 Å². The molecule has 0 amide bonds. The Kier molecular flexibility index (Phi) is 13.1. The van der Waals surface area contributed by atoms with E-state index < -0.39 is 7.92 Å². The van der Waals surface area contributed by atoms with Crippen LogP contribution in [0.4, 0.5) is 11.4 Å². The highest BCUT2D eigenvalue weighted by Crippen LogP contribution is 2.48. The van der Waals surface area contributed by atoms with Crippen LogP contribution in [0.3, 0.4) is 0 Å². The summed E-state index contributed by atoms with van der Waals surface area (Å²) in [5.74, 6) is 0. The second kappa shape index (κ2) is 17.6. The van der Waals surface area contributed by atoms with Crippen LogP contribution in [0.5, 0.6) is 0 Å². The fraction of sp³-hybridized carbons (Fsp3) is 0.217. The summed E-state index contributed by atoms with van der Waals surface area (Å²) in [7, 11) is 7.65. The van der Waals surface area contributed by atoms with Crippen molar-refractivity contribution in [3.63, 3.8) is 0 Å². The Balaban J connectivity index is 0.000000201. The molecule has 0 aliphatic heterocycles. The Hall–Kier alpha value is -4.22. The predicted octanol–water partition coefficient (Wildman–Crippen LogP) is 10.5. The van der Waals surface area contributed by atoms with Crippen molar-refractivity contribution in [3.05, 3.63) is 158 Å². The minimum absolute atomic E-state index is 0.168. The minimum Gasteiger partial charge on any atom is -0.377 e. The van der Waals surface area contributed by atoms with Crippen molar-refractivity contribution >= 4 is 48.4 Å². The zero-order chi connectivity index (χ0) is 35.6. The fourth-order valence-electron chi connectivity index (χ4n) is 6.74. The van der Waals surface area contributed by atoms with E-state index in [1.807, 2.05) is 0 Å². The van der Waals surface area contributed by atoms with E-state index in [9.17, 15) is 0 Å². The molecule has 0 aromatic heterocycles. The molecule has 0 aliphatic rings. The fourth-order valence-corrected chi connectivity index (χ4v) is 12.2. The van der Waals surface area contributed by atoms with Gasteiger partial charge in [0.15, 0.2) is 0 Å². The van der Waals surface area contributed by atoms with Gasteiger partial charge in [0, 0.05) is 50.7 Å². The minimum atomic E-state index is -0.641. The van der Waals surface area contributed by atoms with Crippen LogP contribution in [0.1, 0.15) is 27.7 Å². The van der Waals surface area contributed by atoms with Gasteiger partial charge in [-0.2, -0.15) is 0 Å². The maximum absolute atomic E-state index is 2.36. The van der Waals surface area contributed by atoms with Gasteiger partial charge in [0.2, 0.25) is 0 Å². The SMILES string of the molecule is CC(C)P(c1ccccc1-c1ccccc1N(C)C)C(C)C.CN(C)c1ccccc1-c1ccccc1P(c1ccccc1)c1ccccc1. The summed E-state index contributed by atoms with van der Waals surface area (Å²) in [6.45, 7) is 9.45. The second-order valence-electron chi connectivity index (χ2n) is 13.5. The van der Waals surface area contributed by atoms with Crippen molar-refractivity contribution in [3.8, 4) is 22.3 Å². The van der Waals surface area contributed by atoms with Crippen LogP contribution in [-0.4, -0.2) is 39.5 Å². The van der Waals surface area contributed by atoms with Crippen molar-refractivity contribution < 1.29 is 0 Å². The lowest BCUT2D eigenvalue weighted by atomic mass is 10.0. The first-order valence-electron chi connectivity index (χ1n) is 17.6. The topological polar surface area (TPSA) is 6.48 Å². The maximum atomic E-state index is 2.36. The van der Waals surface area contributed by atoms with Gasteiger partial charge >= 0.3 is 0 Å². The predicted molar refractivity (Wildman–Crippen MR) is 228 cm³/mol. The zero-order valence-corrected chi connectivity index (χ0v) is 32.7. The molecule has 0 N–H and O–H groups in total. The van der Waals surface area contributed by atoms with Gasteiger partial charge in [-0.25, -0.2) is 0 Å². The lowest BCUT2D eigenvalue weighted by Crippen LogP contribution is -2.22. The molecule has 2 nitrogen and oxygen atoms in total. The molecule has 0 fully saturated rings. The molecule has 0 aliphatic carbocycles. The number of hydrogen-bond donors (Lipinski definition) is 0. The van der Waals surface area contributed by atoms with Crippen LogP contribution in [0.15, 0.2) is 158 Å². The third-order valence-corrected chi connectivity index (χ3v) is 14.5. The highest BCUT2D eigenvalue weighted by Gasteiger charge is 2.23. The Morgan fingerprint density at radius 3 is 1.08 bits per heavy atom. The molecule has 6 rings (SSSR count). The first-order chi connectivity index (χ1) is 24.2. The molecule has 0 unspecified atom stereocenters. The Morgan fingerprint density at radius 1 is 0.360 bits per heavy atom. The van der Waals surface area contributed by atoms with Crippen molar-refractivity contribution in [2.75, 3.05) is 38.0 Å². The first kappa shape index (κ1) is 37.0.